The molecule has 0 radical (unpaired) electrons. The molecular weight excluding hydrogens is 436 g/mol. The Hall–Kier alpha value is -2.32. The predicted octanol–water partition coefficient (Wildman–Crippen LogP) is 3.33. The number of carbonyl (C=O) groups excluding carboxylic acids is 1. The first-order chi connectivity index (χ1) is 15.6. The van der Waals surface area contributed by atoms with Gasteiger partial charge in [0.05, 0.1) is 0 Å². The average Bonchev–Trinajstić information content (AvgIpc) is 3.10. The number of benzene rings is 1. The highest BCUT2D eigenvalue weighted by Crippen LogP contribution is 2.28. The minimum Gasteiger partial charge on any atom is -0.368 e. The Morgan fingerprint density at radius 3 is 2.21 bits per heavy atom. The number of amides is 1. The highest BCUT2D eigenvalue weighted by atomic mass is 32.2. The lowest BCUT2D eigenvalue weighted by Gasteiger charge is -2.37. The molecular formula is C25H36N4O3S. The maximum absolute atomic E-state index is 13.4. The number of piperazine rings is 1. The largest absolute Gasteiger partial charge is 0.368 e. The van der Waals surface area contributed by atoms with Crippen molar-refractivity contribution in [1.82, 2.24) is 13.8 Å². The number of hydrogen-bond acceptors (Lipinski definition) is 4. The molecule has 4 rings (SSSR count). The van der Waals surface area contributed by atoms with E-state index in [0.717, 1.165) is 25.9 Å². The second-order valence-corrected chi connectivity index (χ2v) is 11.6. The highest BCUT2D eigenvalue weighted by molar-refractivity contribution is 7.89. The lowest BCUT2D eigenvalue weighted by molar-refractivity contribution is 0.0737. The van der Waals surface area contributed by atoms with Crippen LogP contribution in [0.1, 0.15) is 47.1 Å². The molecule has 2 aliphatic heterocycles. The van der Waals surface area contributed by atoms with Crippen LogP contribution in [0.2, 0.25) is 0 Å². The monoisotopic (exact) mass is 472 g/mol. The SMILES string of the molecule is Cc1ccc(C)c(N2CCN(C(=O)c3cc(S(=O)(=O)N4CCC(C)CC4)c(C)n3C)CC2)c1. The van der Waals surface area contributed by atoms with Crippen molar-refractivity contribution >= 4 is 21.6 Å². The summed E-state index contributed by atoms with van der Waals surface area (Å²) in [5.41, 5.74) is 4.74. The third-order valence-electron chi connectivity index (χ3n) is 7.34. The Labute approximate surface area is 198 Å². The third kappa shape index (κ3) is 4.55. The Bertz CT molecular complexity index is 1140. The van der Waals surface area contributed by atoms with Gasteiger partial charge in [-0.05, 0) is 62.8 Å². The van der Waals surface area contributed by atoms with Crippen LogP contribution >= 0.6 is 0 Å². The van der Waals surface area contributed by atoms with Crippen molar-refractivity contribution < 1.29 is 13.2 Å². The Kier molecular flexibility index (Phi) is 6.60. The van der Waals surface area contributed by atoms with Crippen molar-refractivity contribution in [2.75, 3.05) is 44.2 Å². The summed E-state index contributed by atoms with van der Waals surface area (Å²) in [5.74, 6) is 0.447. The van der Waals surface area contributed by atoms with Gasteiger partial charge >= 0.3 is 0 Å². The van der Waals surface area contributed by atoms with Crippen LogP contribution in [0.4, 0.5) is 5.69 Å². The van der Waals surface area contributed by atoms with E-state index in [9.17, 15) is 13.2 Å². The summed E-state index contributed by atoms with van der Waals surface area (Å²) in [4.78, 5) is 17.8. The van der Waals surface area contributed by atoms with Gasteiger partial charge < -0.3 is 14.4 Å². The average molecular weight is 473 g/mol. The molecule has 0 spiro atoms. The third-order valence-corrected chi connectivity index (χ3v) is 9.35. The summed E-state index contributed by atoms with van der Waals surface area (Å²) in [6, 6.07) is 8.04. The van der Waals surface area contributed by atoms with E-state index in [1.54, 1.807) is 28.9 Å². The van der Waals surface area contributed by atoms with Crippen molar-refractivity contribution in [2.45, 2.75) is 45.4 Å². The number of anilines is 1. The molecule has 1 aromatic carbocycles. The highest BCUT2D eigenvalue weighted by Gasteiger charge is 2.33. The molecule has 3 heterocycles. The summed E-state index contributed by atoms with van der Waals surface area (Å²) in [6.45, 7) is 12.0. The number of aromatic nitrogens is 1. The fourth-order valence-electron chi connectivity index (χ4n) is 4.87. The maximum atomic E-state index is 13.4. The van der Waals surface area contributed by atoms with Crippen molar-refractivity contribution in [3.8, 4) is 0 Å². The quantitative estimate of drug-likeness (QED) is 0.685. The standard InChI is InChI=1S/C25H36N4O3S/c1-18-8-10-29(11-9-18)33(31,32)24-17-23(26(5)21(24)4)25(30)28-14-12-27(13-15-28)22-16-19(2)6-7-20(22)3/h6-7,16-18H,8-15H2,1-5H3. The zero-order valence-corrected chi connectivity index (χ0v) is 21.3. The fraction of sp³-hybridized carbons (Fsp3) is 0.560. The van der Waals surface area contributed by atoms with Crippen molar-refractivity contribution in [3.63, 3.8) is 0 Å². The van der Waals surface area contributed by atoms with Gasteiger partial charge in [-0.15, -0.1) is 0 Å². The Morgan fingerprint density at radius 1 is 0.939 bits per heavy atom. The van der Waals surface area contributed by atoms with Crippen LogP contribution in [0, 0.1) is 26.7 Å². The molecule has 2 aliphatic rings. The number of carbonyl (C=O) groups is 1. The molecule has 33 heavy (non-hydrogen) atoms. The van der Waals surface area contributed by atoms with Crippen LogP contribution in [0.3, 0.4) is 0 Å². The molecule has 0 N–H and O–H groups in total. The van der Waals surface area contributed by atoms with E-state index < -0.39 is 10.0 Å². The molecule has 0 unspecified atom stereocenters. The van der Waals surface area contributed by atoms with Gasteiger partial charge in [-0.2, -0.15) is 4.31 Å². The van der Waals surface area contributed by atoms with Crippen LogP contribution in [0.5, 0.6) is 0 Å². The minimum absolute atomic E-state index is 0.102. The number of rotatable bonds is 4. The van der Waals surface area contributed by atoms with Crippen LogP contribution in [-0.2, 0) is 17.1 Å². The maximum Gasteiger partial charge on any atom is 0.270 e. The predicted molar refractivity (Wildman–Crippen MR) is 131 cm³/mol. The Balaban J connectivity index is 1.50. The zero-order valence-electron chi connectivity index (χ0n) is 20.5. The van der Waals surface area contributed by atoms with Crippen LogP contribution in [-0.4, -0.2) is 67.4 Å². The van der Waals surface area contributed by atoms with Gasteiger partial charge in [-0.25, -0.2) is 8.42 Å². The van der Waals surface area contributed by atoms with Crippen LogP contribution < -0.4 is 4.90 Å². The van der Waals surface area contributed by atoms with E-state index in [2.05, 4.69) is 43.9 Å². The summed E-state index contributed by atoms with van der Waals surface area (Å²) in [5, 5.41) is 0. The molecule has 0 atom stereocenters. The topological polar surface area (TPSA) is 65.9 Å². The van der Waals surface area contributed by atoms with Gasteiger partial charge in [0.2, 0.25) is 10.0 Å². The fourth-order valence-corrected chi connectivity index (χ4v) is 6.62. The van der Waals surface area contributed by atoms with Gasteiger partial charge in [0.1, 0.15) is 10.6 Å². The van der Waals surface area contributed by atoms with E-state index in [1.807, 2.05) is 4.90 Å². The molecule has 2 fully saturated rings. The van der Waals surface area contributed by atoms with Crippen molar-refractivity contribution in [2.24, 2.45) is 13.0 Å². The van der Waals surface area contributed by atoms with E-state index in [1.165, 1.54) is 16.8 Å². The summed E-state index contributed by atoms with van der Waals surface area (Å²) >= 11 is 0. The van der Waals surface area contributed by atoms with Crippen molar-refractivity contribution in [3.05, 3.63) is 46.8 Å². The molecule has 7 nitrogen and oxygen atoms in total. The minimum atomic E-state index is -3.60. The Morgan fingerprint density at radius 2 is 1.58 bits per heavy atom. The molecule has 1 aromatic heterocycles. The molecule has 0 saturated carbocycles. The van der Waals surface area contributed by atoms with Gasteiger partial charge in [-0.3, -0.25) is 4.79 Å². The first-order valence-electron chi connectivity index (χ1n) is 11.9. The van der Waals surface area contributed by atoms with Crippen LogP contribution in [0.15, 0.2) is 29.2 Å². The van der Waals surface area contributed by atoms with E-state index >= 15 is 0 Å². The molecule has 180 valence electrons. The van der Waals surface area contributed by atoms with E-state index in [0.29, 0.717) is 43.5 Å². The van der Waals surface area contributed by atoms with Crippen molar-refractivity contribution in [1.29, 1.82) is 0 Å². The normalized spacial score (nSPS) is 18.7. The molecule has 2 saturated heterocycles. The number of piperidine rings is 1. The molecule has 8 heteroatoms. The van der Waals surface area contributed by atoms with E-state index in [-0.39, 0.29) is 10.8 Å². The van der Waals surface area contributed by atoms with Gasteiger partial charge in [0, 0.05) is 57.7 Å². The lowest BCUT2D eigenvalue weighted by Crippen LogP contribution is -2.49. The number of aryl methyl sites for hydroxylation is 2. The second kappa shape index (κ2) is 9.14. The molecule has 2 aromatic rings. The number of nitrogens with zero attached hydrogens (tertiary/aromatic N) is 4. The lowest BCUT2D eigenvalue weighted by atomic mass is 10.0. The summed E-state index contributed by atoms with van der Waals surface area (Å²) in [7, 11) is -1.82. The number of sulfonamides is 1. The first kappa shape index (κ1) is 23.8. The smallest absolute Gasteiger partial charge is 0.270 e. The summed E-state index contributed by atoms with van der Waals surface area (Å²) < 4.78 is 29.9. The summed E-state index contributed by atoms with van der Waals surface area (Å²) in [6.07, 6.45) is 1.75. The molecule has 0 aliphatic carbocycles. The van der Waals surface area contributed by atoms with Crippen LogP contribution in [0.25, 0.3) is 0 Å². The molecule has 0 bridgehead atoms. The van der Waals surface area contributed by atoms with E-state index in [4.69, 9.17) is 0 Å². The second-order valence-electron chi connectivity index (χ2n) is 9.69. The van der Waals surface area contributed by atoms with Gasteiger partial charge in [-0.1, -0.05) is 19.1 Å². The first-order valence-corrected chi connectivity index (χ1v) is 13.3. The van der Waals surface area contributed by atoms with Gasteiger partial charge in [0.15, 0.2) is 0 Å². The number of hydrogen-bond donors (Lipinski definition) is 0. The molecule has 1 amide bonds. The van der Waals surface area contributed by atoms with Gasteiger partial charge in [0.25, 0.3) is 5.91 Å². The zero-order chi connectivity index (χ0) is 23.9.